The van der Waals surface area contributed by atoms with E-state index in [0.717, 1.165) is 35.4 Å². The van der Waals surface area contributed by atoms with E-state index in [2.05, 4.69) is 34.6 Å². The Bertz CT molecular complexity index is 922. The van der Waals surface area contributed by atoms with E-state index in [1.165, 1.54) is 6.26 Å². The van der Waals surface area contributed by atoms with Gasteiger partial charge in [0, 0.05) is 31.8 Å². The zero-order valence-electron chi connectivity index (χ0n) is 17.7. The van der Waals surface area contributed by atoms with Gasteiger partial charge in [0.1, 0.15) is 0 Å². The highest BCUT2D eigenvalue weighted by molar-refractivity contribution is 14.0. The van der Waals surface area contributed by atoms with Crippen molar-refractivity contribution in [1.82, 2.24) is 15.8 Å². The van der Waals surface area contributed by atoms with E-state index in [0.29, 0.717) is 29.9 Å². The summed E-state index contributed by atoms with van der Waals surface area (Å²) in [6.45, 7) is 7.11. The van der Waals surface area contributed by atoms with Gasteiger partial charge in [0.05, 0.1) is 17.1 Å². The van der Waals surface area contributed by atoms with Crippen LogP contribution in [0, 0.1) is 6.92 Å². The molecule has 0 atom stereocenters. The third kappa shape index (κ3) is 7.29. The van der Waals surface area contributed by atoms with Crippen LogP contribution in [0.2, 0.25) is 0 Å². The summed E-state index contributed by atoms with van der Waals surface area (Å²) < 4.78 is 28.9. The lowest BCUT2D eigenvalue weighted by atomic mass is 9.99. The van der Waals surface area contributed by atoms with Crippen LogP contribution in [0.1, 0.15) is 55.2 Å². The van der Waals surface area contributed by atoms with Gasteiger partial charge in [-0.05, 0) is 37.0 Å². The molecular weight excluding hydrogens is 503 g/mol. The van der Waals surface area contributed by atoms with Crippen LogP contribution in [0.4, 0.5) is 0 Å². The van der Waals surface area contributed by atoms with Gasteiger partial charge in [-0.1, -0.05) is 31.1 Å². The van der Waals surface area contributed by atoms with E-state index in [-0.39, 0.29) is 24.0 Å². The molecule has 0 bridgehead atoms. The van der Waals surface area contributed by atoms with Gasteiger partial charge < -0.3 is 15.2 Å². The van der Waals surface area contributed by atoms with Gasteiger partial charge in [-0.15, -0.1) is 24.0 Å². The third-order valence-corrected chi connectivity index (χ3v) is 5.99. The average Bonchev–Trinajstić information content (AvgIpc) is 3.10. The summed E-state index contributed by atoms with van der Waals surface area (Å²) in [7, 11) is -1.51. The summed E-state index contributed by atoms with van der Waals surface area (Å²) in [5.74, 6) is 1.82. The largest absolute Gasteiger partial charge is 0.359 e. The van der Waals surface area contributed by atoms with Gasteiger partial charge >= 0.3 is 0 Å². The van der Waals surface area contributed by atoms with Gasteiger partial charge in [0.25, 0.3) is 0 Å². The number of aromatic nitrogens is 1. The molecule has 0 aliphatic carbocycles. The van der Waals surface area contributed by atoms with Crippen LogP contribution >= 0.6 is 24.0 Å². The topological polar surface area (TPSA) is 96.6 Å². The second-order valence-electron chi connectivity index (χ2n) is 6.88. The zero-order valence-corrected chi connectivity index (χ0v) is 20.8. The number of nitrogens with zero attached hydrogens (tertiary/aromatic N) is 2. The van der Waals surface area contributed by atoms with Gasteiger partial charge in [0.15, 0.2) is 21.6 Å². The average molecular weight is 534 g/mol. The van der Waals surface area contributed by atoms with Crippen molar-refractivity contribution < 1.29 is 12.9 Å². The van der Waals surface area contributed by atoms with E-state index >= 15 is 0 Å². The number of halogens is 1. The van der Waals surface area contributed by atoms with Crippen LogP contribution in [0.15, 0.2) is 38.7 Å². The van der Waals surface area contributed by atoms with Crippen molar-refractivity contribution in [2.75, 3.05) is 13.3 Å². The Hall–Kier alpha value is -1.62. The van der Waals surface area contributed by atoms with Crippen molar-refractivity contribution >= 4 is 39.8 Å². The molecule has 0 unspecified atom stereocenters. The molecule has 1 aromatic heterocycles. The second-order valence-corrected chi connectivity index (χ2v) is 8.87. The number of guanidine groups is 1. The Morgan fingerprint density at radius 1 is 1.17 bits per heavy atom. The molecule has 0 amide bonds. The first-order chi connectivity index (χ1) is 13.3. The van der Waals surface area contributed by atoms with E-state index in [1.54, 1.807) is 20.0 Å². The monoisotopic (exact) mass is 534 g/mol. The second kappa shape index (κ2) is 11.5. The normalized spacial score (nSPS) is 12.0. The Morgan fingerprint density at radius 2 is 1.83 bits per heavy atom. The van der Waals surface area contributed by atoms with E-state index in [4.69, 9.17) is 4.52 Å². The number of sulfone groups is 1. The molecule has 2 rings (SSSR count). The molecule has 0 spiro atoms. The lowest BCUT2D eigenvalue weighted by Crippen LogP contribution is -2.36. The van der Waals surface area contributed by atoms with Gasteiger partial charge in [-0.25, -0.2) is 8.42 Å². The maximum atomic E-state index is 11.7. The first-order valence-electron chi connectivity index (χ1n) is 9.48. The predicted molar refractivity (Wildman–Crippen MR) is 127 cm³/mol. The third-order valence-electron chi connectivity index (χ3n) is 4.73. The molecule has 0 fully saturated rings. The van der Waals surface area contributed by atoms with Crippen molar-refractivity contribution in [2.24, 2.45) is 4.99 Å². The Morgan fingerprint density at radius 3 is 2.38 bits per heavy atom. The molecule has 2 aromatic rings. The SMILES string of the molecule is CCC(CC)c1cc(CNC(=NC)NCc2ccc(S(C)(=O)=O)c(C)c2)on1.I. The molecule has 29 heavy (non-hydrogen) atoms. The minimum atomic E-state index is -3.21. The fraction of sp³-hybridized carbons (Fsp3) is 0.500. The number of rotatable bonds is 8. The summed E-state index contributed by atoms with van der Waals surface area (Å²) in [5, 5.41) is 10.6. The van der Waals surface area contributed by atoms with Crippen LogP contribution in [0.5, 0.6) is 0 Å². The first kappa shape index (κ1) is 25.4. The quantitative estimate of drug-likeness (QED) is 0.304. The Balaban J connectivity index is 0.00000420. The summed E-state index contributed by atoms with van der Waals surface area (Å²) >= 11 is 0. The number of hydrogen-bond donors (Lipinski definition) is 2. The van der Waals surface area contributed by atoms with E-state index < -0.39 is 9.84 Å². The Kier molecular flexibility index (Phi) is 10.1. The number of aryl methyl sites for hydroxylation is 1. The number of aliphatic imine (C=N–C) groups is 1. The molecule has 7 nitrogen and oxygen atoms in total. The van der Waals surface area contributed by atoms with Crippen molar-refractivity contribution in [3.8, 4) is 0 Å². The van der Waals surface area contributed by atoms with Crippen molar-refractivity contribution in [3.63, 3.8) is 0 Å². The van der Waals surface area contributed by atoms with Gasteiger partial charge in [0.2, 0.25) is 0 Å². The molecule has 162 valence electrons. The molecule has 1 aromatic carbocycles. The van der Waals surface area contributed by atoms with Crippen LogP contribution in [-0.4, -0.2) is 32.8 Å². The number of benzene rings is 1. The van der Waals surface area contributed by atoms with Crippen molar-refractivity contribution in [1.29, 1.82) is 0 Å². The molecule has 0 radical (unpaired) electrons. The Labute approximate surface area is 190 Å². The van der Waals surface area contributed by atoms with Crippen LogP contribution in [-0.2, 0) is 22.9 Å². The summed E-state index contributed by atoms with van der Waals surface area (Å²) in [4.78, 5) is 4.57. The molecule has 0 aliphatic rings. The molecule has 0 saturated carbocycles. The zero-order chi connectivity index (χ0) is 20.7. The molecule has 0 aliphatic heterocycles. The van der Waals surface area contributed by atoms with Crippen LogP contribution in [0.25, 0.3) is 0 Å². The lowest BCUT2D eigenvalue weighted by Gasteiger charge is -2.12. The highest BCUT2D eigenvalue weighted by Gasteiger charge is 2.13. The highest BCUT2D eigenvalue weighted by Crippen LogP contribution is 2.22. The minimum absolute atomic E-state index is 0. The van der Waals surface area contributed by atoms with Gasteiger partial charge in [-0.3, -0.25) is 4.99 Å². The predicted octanol–water partition coefficient (Wildman–Crippen LogP) is 3.77. The van der Waals surface area contributed by atoms with Crippen molar-refractivity contribution in [2.45, 2.75) is 57.5 Å². The molecular formula is C20H31IN4O3S. The maximum absolute atomic E-state index is 11.7. The summed E-state index contributed by atoms with van der Waals surface area (Å²) in [6, 6.07) is 7.31. The standard InChI is InChI=1S/C20H30N4O3S.HI/c1-6-16(7-2)18-11-17(27-24-18)13-23-20(21-4)22-12-15-8-9-19(14(3)10-15)28(5,25)26;/h8-11,16H,6-7,12-13H2,1-5H3,(H2,21,22,23);1H. The van der Waals surface area contributed by atoms with E-state index in [9.17, 15) is 8.42 Å². The number of nitrogens with one attached hydrogen (secondary N) is 2. The smallest absolute Gasteiger partial charge is 0.191 e. The minimum Gasteiger partial charge on any atom is -0.359 e. The fourth-order valence-electron chi connectivity index (χ4n) is 3.13. The van der Waals surface area contributed by atoms with Crippen LogP contribution < -0.4 is 10.6 Å². The van der Waals surface area contributed by atoms with Gasteiger partial charge in [-0.2, -0.15) is 0 Å². The summed E-state index contributed by atoms with van der Waals surface area (Å²) in [6.07, 6.45) is 3.30. The molecule has 0 saturated heterocycles. The van der Waals surface area contributed by atoms with Crippen LogP contribution in [0.3, 0.4) is 0 Å². The first-order valence-corrected chi connectivity index (χ1v) is 11.4. The molecule has 2 N–H and O–H groups in total. The summed E-state index contributed by atoms with van der Waals surface area (Å²) in [5.41, 5.74) is 2.70. The van der Waals surface area contributed by atoms with E-state index in [1.807, 2.05) is 18.2 Å². The maximum Gasteiger partial charge on any atom is 0.191 e. The molecule has 9 heteroatoms. The molecule has 1 heterocycles. The lowest BCUT2D eigenvalue weighted by molar-refractivity contribution is 0.368. The fourth-order valence-corrected chi connectivity index (χ4v) is 4.09. The highest BCUT2D eigenvalue weighted by atomic mass is 127. The number of hydrogen-bond acceptors (Lipinski definition) is 5. The van der Waals surface area contributed by atoms with Crippen molar-refractivity contribution in [3.05, 3.63) is 46.8 Å².